The molecule has 4 heteroatoms. The van der Waals surface area contributed by atoms with Crippen LogP contribution < -0.4 is 5.32 Å². The third-order valence-corrected chi connectivity index (χ3v) is 3.50. The fourth-order valence-corrected chi connectivity index (χ4v) is 2.43. The van der Waals surface area contributed by atoms with Crippen molar-refractivity contribution in [2.45, 2.75) is 13.0 Å². The van der Waals surface area contributed by atoms with E-state index in [2.05, 4.69) is 22.0 Å². The van der Waals surface area contributed by atoms with Gasteiger partial charge < -0.3 is 5.32 Å². The molecule has 0 saturated carbocycles. The van der Waals surface area contributed by atoms with Crippen LogP contribution in [0.25, 0.3) is 11.8 Å². The monoisotopic (exact) mass is 277 g/mol. The zero-order chi connectivity index (χ0) is 14.7. The van der Waals surface area contributed by atoms with Crippen molar-refractivity contribution in [3.8, 4) is 0 Å². The fourth-order valence-electron chi connectivity index (χ4n) is 2.43. The van der Waals surface area contributed by atoms with Gasteiger partial charge >= 0.3 is 0 Å². The summed E-state index contributed by atoms with van der Waals surface area (Å²) >= 11 is 0. The maximum atomic E-state index is 11.6. The van der Waals surface area contributed by atoms with Crippen LogP contribution in [0.2, 0.25) is 0 Å². The summed E-state index contributed by atoms with van der Waals surface area (Å²) < 4.78 is 0. The molecule has 0 unspecified atom stereocenters. The average Bonchev–Trinajstić information content (AvgIpc) is 2.53. The molecule has 0 radical (unpaired) electrons. The number of pyridine rings is 1. The lowest BCUT2D eigenvalue weighted by Gasteiger charge is -2.17. The van der Waals surface area contributed by atoms with Crippen molar-refractivity contribution in [2.75, 3.05) is 0 Å². The molecule has 104 valence electrons. The summed E-state index contributed by atoms with van der Waals surface area (Å²) in [6.07, 6.45) is 4.07. The lowest BCUT2D eigenvalue weighted by atomic mass is 9.98. The number of hydrogen-bond acceptors (Lipinski definition) is 3. The Kier molecular flexibility index (Phi) is 3.60. The van der Waals surface area contributed by atoms with E-state index in [9.17, 15) is 4.79 Å². The van der Waals surface area contributed by atoms with E-state index in [0.29, 0.717) is 13.0 Å². The number of fused-ring (bicyclic) bond motifs is 1. The zero-order valence-electron chi connectivity index (χ0n) is 11.5. The van der Waals surface area contributed by atoms with Gasteiger partial charge in [-0.25, -0.2) is 0 Å². The molecule has 2 aromatic rings. The molecule has 1 aliphatic heterocycles. The standard InChI is InChI=1S/C17H15N3O/c1-18-15(12-5-3-2-4-6-12)9-13-7-8-19-16-11-20-17(21)10-14(13)16/h2-9H,1,10-11H2,(H,20,21). The summed E-state index contributed by atoms with van der Waals surface area (Å²) in [5.74, 6) is 0.0259. The molecule has 0 atom stereocenters. The SMILES string of the molecule is C=NC(=Cc1ccnc2c1CC(=O)NC2)c1ccccc1. The molecule has 0 aliphatic carbocycles. The van der Waals surface area contributed by atoms with Gasteiger partial charge in [0.2, 0.25) is 5.91 Å². The molecule has 0 bridgehead atoms. The number of nitrogens with zero attached hydrogens (tertiary/aromatic N) is 2. The molecule has 2 heterocycles. The van der Waals surface area contributed by atoms with Crippen LogP contribution in [0.5, 0.6) is 0 Å². The minimum Gasteiger partial charge on any atom is -0.350 e. The first kappa shape index (κ1) is 13.2. The number of nitrogens with one attached hydrogen (secondary N) is 1. The molecule has 4 nitrogen and oxygen atoms in total. The minimum absolute atomic E-state index is 0.0259. The predicted molar refractivity (Wildman–Crippen MR) is 83.6 cm³/mol. The first-order valence-electron chi connectivity index (χ1n) is 6.75. The van der Waals surface area contributed by atoms with Crippen molar-refractivity contribution in [1.82, 2.24) is 10.3 Å². The van der Waals surface area contributed by atoms with Crippen molar-refractivity contribution in [2.24, 2.45) is 4.99 Å². The second-order valence-corrected chi connectivity index (χ2v) is 4.83. The first-order valence-corrected chi connectivity index (χ1v) is 6.75. The molecular weight excluding hydrogens is 262 g/mol. The van der Waals surface area contributed by atoms with E-state index < -0.39 is 0 Å². The van der Waals surface area contributed by atoms with E-state index in [1.807, 2.05) is 42.5 Å². The summed E-state index contributed by atoms with van der Waals surface area (Å²) in [6, 6.07) is 11.8. The normalized spacial score (nSPS) is 14.3. The average molecular weight is 277 g/mol. The summed E-state index contributed by atoms with van der Waals surface area (Å²) in [4.78, 5) is 20.0. The lowest BCUT2D eigenvalue weighted by Crippen LogP contribution is -2.31. The van der Waals surface area contributed by atoms with Crippen LogP contribution in [-0.4, -0.2) is 17.6 Å². The Bertz CT molecular complexity index is 720. The van der Waals surface area contributed by atoms with Gasteiger partial charge in [0, 0.05) is 11.8 Å². The summed E-state index contributed by atoms with van der Waals surface area (Å²) in [5.41, 5.74) is 4.65. The predicted octanol–water partition coefficient (Wildman–Crippen LogP) is 2.45. The number of carbonyl (C=O) groups is 1. The molecule has 1 N–H and O–H groups in total. The van der Waals surface area contributed by atoms with E-state index >= 15 is 0 Å². The number of amides is 1. The van der Waals surface area contributed by atoms with Gasteiger partial charge in [0.25, 0.3) is 0 Å². The van der Waals surface area contributed by atoms with Crippen LogP contribution in [0.1, 0.15) is 22.4 Å². The fraction of sp³-hybridized carbons (Fsp3) is 0.118. The largest absolute Gasteiger partial charge is 0.350 e. The Morgan fingerprint density at radius 2 is 2.10 bits per heavy atom. The van der Waals surface area contributed by atoms with E-state index in [-0.39, 0.29) is 5.91 Å². The third kappa shape index (κ3) is 2.74. The molecule has 1 aromatic carbocycles. The lowest BCUT2D eigenvalue weighted by molar-refractivity contribution is -0.121. The van der Waals surface area contributed by atoms with E-state index in [1.54, 1.807) is 6.20 Å². The Hall–Kier alpha value is -2.75. The van der Waals surface area contributed by atoms with Crippen molar-refractivity contribution in [3.63, 3.8) is 0 Å². The third-order valence-electron chi connectivity index (χ3n) is 3.50. The summed E-state index contributed by atoms with van der Waals surface area (Å²) in [7, 11) is 0. The number of aliphatic imine (C=N–C) groups is 1. The van der Waals surface area contributed by atoms with Crippen molar-refractivity contribution in [1.29, 1.82) is 0 Å². The van der Waals surface area contributed by atoms with Crippen LogP contribution in [0.15, 0.2) is 47.6 Å². The number of rotatable bonds is 3. The van der Waals surface area contributed by atoms with E-state index in [0.717, 1.165) is 28.1 Å². The van der Waals surface area contributed by atoms with Crippen LogP contribution in [0.4, 0.5) is 0 Å². The highest BCUT2D eigenvalue weighted by atomic mass is 16.1. The van der Waals surface area contributed by atoms with Gasteiger partial charge in [0.1, 0.15) is 0 Å². The highest BCUT2D eigenvalue weighted by Crippen LogP contribution is 2.23. The maximum absolute atomic E-state index is 11.6. The van der Waals surface area contributed by atoms with Gasteiger partial charge in [-0.2, -0.15) is 0 Å². The van der Waals surface area contributed by atoms with Crippen molar-refractivity contribution in [3.05, 3.63) is 65.0 Å². The Morgan fingerprint density at radius 1 is 1.29 bits per heavy atom. The number of carbonyl (C=O) groups excluding carboxylic acids is 1. The Balaban J connectivity index is 2.06. The topological polar surface area (TPSA) is 54.4 Å². The van der Waals surface area contributed by atoms with E-state index in [1.165, 1.54) is 0 Å². The Labute approximate surface area is 123 Å². The van der Waals surface area contributed by atoms with Gasteiger partial charge in [-0.05, 0) is 30.0 Å². The van der Waals surface area contributed by atoms with Gasteiger partial charge in [-0.15, -0.1) is 0 Å². The second kappa shape index (κ2) is 5.71. The number of benzene rings is 1. The highest BCUT2D eigenvalue weighted by Gasteiger charge is 2.18. The minimum atomic E-state index is 0.0259. The summed E-state index contributed by atoms with van der Waals surface area (Å²) in [5, 5.41) is 2.81. The van der Waals surface area contributed by atoms with E-state index in [4.69, 9.17) is 0 Å². The highest BCUT2D eigenvalue weighted by molar-refractivity contribution is 5.86. The molecular formula is C17H15N3O. The van der Waals surface area contributed by atoms with Crippen LogP contribution in [0.3, 0.4) is 0 Å². The van der Waals surface area contributed by atoms with Gasteiger partial charge in [0.15, 0.2) is 0 Å². The van der Waals surface area contributed by atoms with Gasteiger partial charge in [-0.3, -0.25) is 14.8 Å². The van der Waals surface area contributed by atoms with Crippen molar-refractivity contribution < 1.29 is 4.79 Å². The van der Waals surface area contributed by atoms with Crippen LogP contribution >= 0.6 is 0 Å². The maximum Gasteiger partial charge on any atom is 0.224 e. The molecule has 1 amide bonds. The molecule has 1 aliphatic rings. The quantitative estimate of drug-likeness (QED) is 0.876. The molecule has 0 saturated heterocycles. The molecule has 1 aromatic heterocycles. The van der Waals surface area contributed by atoms with Crippen LogP contribution in [0, 0.1) is 0 Å². The van der Waals surface area contributed by atoms with Crippen LogP contribution in [-0.2, 0) is 17.8 Å². The Morgan fingerprint density at radius 3 is 2.86 bits per heavy atom. The molecule has 3 rings (SSSR count). The molecule has 0 fully saturated rings. The second-order valence-electron chi connectivity index (χ2n) is 4.83. The first-order chi connectivity index (χ1) is 10.3. The number of hydrogen-bond donors (Lipinski definition) is 1. The molecule has 21 heavy (non-hydrogen) atoms. The van der Waals surface area contributed by atoms with Gasteiger partial charge in [0.05, 0.1) is 24.4 Å². The van der Waals surface area contributed by atoms with Crippen molar-refractivity contribution >= 4 is 24.4 Å². The smallest absolute Gasteiger partial charge is 0.224 e. The summed E-state index contributed by atoms with van der Waals surface area (Å²) in [6.45, 7) is 4.13. The molecule has 0 spiro atoms. The zero-order valence-corrected chi connectivity index (χ0v) is 11.5. The number of aromatic nitrogens is 1. The van der Waals surface area contributed by atoms with Gasteiger partial charge in [-0.1, -0.05) is 30.3 Å².